The summed E-state index contributed by atoms with van der Waals surface area (Å²) < 4.78 is 0. The Morgan fingerprint density at radius 3 is 2.63 bits per heavy atom. The quantitative estimate of drug-likeness (QED) is 0.840. The van der Waals surface area contributed by atoms with Gasteiger partial charge in [0, 0.05) is 11.4 Å². The fraction of sp³-hybridized carbons (Fsp3) is 0.429. The zero-order chi connectivity index (χ0) is 13.8. The molecule has 0 aliphatic heterocycles. The summed E-state index contributed by atoms with van der Waals surface area (Å²) in [5.41, 5.74) is 0.901. The Balaban J connectivity index is 1.84. The fourth-order valence-electron chi connectivity index (χ4n) is 2.01. The molecule has 1 aromatic carbocycles. The third-order valence-electron chi connectivity index (χ3n) is 3.26. The zero-order valence-electron chi connectivity index (χ0n) is 10.4. The van der Waals surface area contributed by atoms with E-state index in [1.807, 2.05) is 18.2 Å². The monoisotopic (exact) mass is 281 g/mol. The molecule has 1 amide bonds. The summed E-state index contributed by atoms with van der Waals surface area (Å²) in [6.45, 7) is 0. The van der Waals surface area contributed by atoms with Crippen LogP contribution in [0.3, 0.4) is 0 Å². The topological polar surface area (TPSA) is 66.4 Å². The Hall–Kier alpha value is -1.55. The second-order valence-corrected chi connectivity index (χ2v) is 5.22. The van der Waals surface area contributed by atoms with Crippen LogP contribution in [0.5, 0.6) is 0 Å². The second kappa shape index (κ2) is 6.06. The number of benzene rings is 1. The number of carbonyl (C=O) groups excluding carboxylic acids is 1. The molecule has 0 heterocycles. The van der Waals surface area contributed by atoms with Crippen LogP contribution >= 0.6 is 11.6 Å². The molecule has 1 aromatic rings. The van der Waals surface area contributed by atoms with Gasteiger partial charge in [-0.05, 0) is 36.8 Å². The van der Waals surface area contributed by atoms with Crippen molar-refractivity contribution in [3.8, 4) is 0 Å². The minimum absolute atomic E-state index is 0.0989. The minimum atomic E-state index is -0.950. The predicted octanol–water partition coefficient (Wildman–Crippen LogP) is 2.25. The Bertz CT molecular complexity index is 485. The molecule has 0 bridgehead atoms. The number of aryl methyl sites for hydroxylation is 1. The normalized spacial score (nSPS) is 15.8. The first-order valence-electron chi connectivity index (χ1n) is 6.33. The van der Waals surface area contributed by atoms with Crippen LogP contribution in [-0.2, 0) is 16.0 Å². The number of hydrogen-bond acceptors (Lipinski definition) is 2. The summed E-state index contributed by atoms with van der Waals surface area (Å²) in [5, 5.41) is 12.2. The molecule has 0 radical (unpaired) electrons. The number of aliphatic carboxylic acids is 1. The first-order valence-corrected chi connectivity index (χ1v) is 6.71. The zero-order valence-corrected chi connectivity index (χ0v) is 11.2. The van der Waals surface area contributed by atoms with Crippen LogP contribution < -0.4 is 5.32 Å². The average Bonchev–Trinajstić information content (AvgIpc) is 3.19. The van der Waals surface area contributed by atoms with Crippen LogP contribution in [0.1, 0.15) is 24.8 Å². The lowest BCUT2D eigenvalue weighted by Gasteiger charge is -2.13. The van der Waals surface area contributed by atoms with Gasteiger partial charge in [0.1, 0.15) is 6.04 Å². The molecular weight excluding hydrogens is 266 g/mol. The van der Waals surface area contributed by atoms with E-state index in [4.69, 9.17) is 16.7 Å². The molecule has 0 saturated heterocycles. The maximum absolute atomic E-state index is 11.8. The van der Waals surface area contributed by atoms with Gasteiger partial charge in [-0.2, -0.15) is 0 Å². The number of hydrogen-bond donors (Lipinski definition) is 2. The number of halogens is 1. The molecule has 102 valence electrons. The number of amides is 1. The number of carboxylic acids is 1. The lowest BCUT2D eigenvalue weighted by Crippen LogP contribution is -2.42. The smallest absolute Gasteiger partial charge is 0.326 e. The van der Waals surface area contributed by atoms with Gasteiger partial charge in [-0.1, -0.05) is 29.8 Å². The van der Waals surface area contributed by atoms with Crippen molar-refractivity contribution in [2.45, 2.75) is 31.7 Å². The molecule has 5 heteroatoms. The molecule has 1 atom stereocenters. The molecule has 1 fully saturated rings. The van der Waals surface area contributed by atoms with E-state index in [-0.39, 0.29) is 18.2 Å². The molecule has 1 aliphatic carbocycles. The molecule has 2 N–H and O–H groups in total. The van der Waals surface area contributed by atoms with Crippen molar-refractivity contribution in [1.82, 2.24) is 5.32 Å². The third kappa shape index (κ3) is 3.96. The summed E-state index contributed by atoms with van der Waals surface area (Å²) in [6, 6.07) is 6.60. The molecule has 2 rings (SSSR count). The van der Waals surface area contributed by atoms with Crippen molar-refractivity contribution in [1.29, 1.82) is 0 Å². The van der Waals surface area contributed by atoms with Crippen molar-refractivity contribution in [2.75, 3.05) is 0 Å². The first-order chi connectivity index (χ1) is 9.08. The highest BCUT2D eigenvalue weighted by Crippen LogP contribution is 2.32. The van der Waals surface area contributed by atoms with Gasteiger partial charge in [0.05, 0.1) is 0 Å². The minimum Gasteiger partial charge on any atom is -0.480 e. The number of carboxylic acid groups (broad SMARTS) is 1. The lowest BCUT2D eigenvalue weighted by molar-refractivity contribution is -0.142. The summed E-state index contributed by atoms with van der Waals surface area (Å²) in [5.74, 6) is -1.09. The molecule has 1 aliphatic rings. The van der Waals surface area contributed by atoms with E-state index in [1.165, 1.54) is 0 Å². The fourth-order valence-corrected chi connectivity index (χ4v) is 2.24. The van der Waals surface area contributed by atoms with Crippen LogP contribution in [0.4, 0.5) is 0 Å². The van der Waals surface area contributed by atoms with Gasteiger partial charge >= 0.3 is 5.97 Å². The molecule has 0 aromatic heterocycles. The Morgan fingerprint density at radius 1 is 1.37 bits per heavy atom. The van der Waals surface area contributed by atoms with E-state index >= 15 is 0 Å². The lowest BCUT2D eigenvalue weighted by atomic mass is 10.1. The number of nitrogens with one attached hydrogen (secondary N) is 1. The van der Waals surface area contributed by atoms with Gasteiger partial charge in [-0.3, -0.25) is 4.79 Å². The number of carbonyl (C=O) groups is 2. The van der Waals surface area contributed by atoms with Gasteiger partial charge in [-0.25, -0.2) is 4.79 Å². The Labute approximate surface area is 116 Å². The van der Waals surface area contributed by atoms with Gasteiger partial charge < -0.3 is 10.4 Å². The van der Waals surface area contributed by atoms with Gasteiger partial charge in [0.2, 0.25) is 5.91 Å². The van der Waals surface area contributed by atoms with E-state index in [1.54, 1.807) is 6.07 Å². The van der Waals surface area contributed by atoms with Crippen LogP contribution in [0.25, 0.3) is 0 Å². The summed E-state index contributed by atoms with van der Waals surface area (Å²) in [6.07, 6.45) is 2.52. The molecule has 1 saturated carbocycles. The average molecular weight is 282 g/mol. The summed E-state index contributed by atoms with van der Waals surface area (Å²) in [4.78, 5) is 22.8. The van der Waals surface area contributed by atoms with Crippen molar-refractivity contribution >= 4 is 23.5 Å². The van der Waals surface area contributed by atoms with Crippen molar-refractivity contribution in [3.05, 3.63) is 34.9 Å². The molecule has 19 heavy (non-hydrogen) atoms. The summed E-state index contributed by atoms with van der Waals surface area (Å²) >= 11 is 6.00. The largest absolute Gasteiger partial charge is 0.480 e. The van der Waals surface area contributed by atoms with E-state index in [2.05, 4.69) is 5.32 Å². The third-order valence-corrected chi connectivity index (χ3v) is 3.62. The molecule has 1 unspecified atom stereocenters. The standard InChI is InChI=1S/C14H16ClNO3/c15-11-4-2-1-3-9(11)7-8-12(17)16-13(14(18)19)10-5-6-10/h1-4,10,13H,5-8H2,(H,16,17)(H,18,19). The maximum Gasteiger partial charge on any atom is 0.326 e. The van der Waals surface area contributed by atoms with Gasteiger partial charge in [0.15, 0.2) is 0 Å². The van der Waals surface area contributed by atoms with E-state index in [9.17, 15) is 9.59 Å². The predicted molar refractivity (Wildman–Crippen MR) is 72.1 cm³/mol. The Morgan fingerprint density at radius 2 is 2.05 bits per heavy atom. The highest BCUT2D eigenvalue weighted by atomic mass is 35.5. The van der Waals surface area contributed by atoms with Crippen LogP contribution in [0.15, 0.2) is 24.3 Å². The van der Waals surface area contributed by atoms with Crippen molar-refractivity contribution in [2.24, 2.45) is 5.92 Å². The van der Waals surface area contributed by atoms with Gasteiger partial charge in [0.25, 0.3) is 0 Å². The maximum atomic E-state index is 11.8. The van der Waals surface area contributed by atoms with Crippen LogP contribution in [0.2, 0.25) is 5.02 Å². The highest BCUT2D eigenvalue weighted by Gasteiger charge is 2.37. The molecular formula is C14H16ClNO3. The molecule has 4 nitrogen and oxygen atoms in total. The van der Waals surface area contributed by atoms with E-state index < -0.39 is 12.0 Å². The molecule has 0 spiro atoms. The Kier molecular flexibility index (Phi) is 4.43. The van der Waals surface area contributed by atoms with Crippen LogP contribution in [0, 0.1) is 5.92 Å². The van der Waals surface area contributed by atoms with E-state index in [0.717, 1.165) is 18.4 Å². The second-order valence-electron chi connectivity index (χ2n) is 4.81. The van der Waals surface area contributed by atoms with Crippen molar-refractivity contribution < 1.29 is 14.7 Å². The van der Waals surface area contributed by atoms with Crippen molar-refractivity contribution in [3.63, 3.8) is 0 Å². The van der Waals surface area contributed by atoms with E-state index in [0.29, 0.717) is 11.4 Å². The SMILES string of the molecule is O=C(CCc1ccccc1Cl)NC(C(=O)O)C1CC1. The highest BCUT2D eigenvalue weighted by molar-refractivity contribution is 6.31. The first kappa shape index (κ1) is 13.9. The number of rotatable bonds is 6. The summed E-state index contributed by atoms with van der Waals surface area (Å²) in [7, 11) is 0. The van der Waals surface area contributed by atoms with Gasteiger partial charge in [-0.15, -0.1) is 0 Å². The van der Waals surface area contributed by atoms with Crippen LogP contribution in [-0.4, -0.2) is 23.0 Å².